The van der Waals surface area contributed by atoms with Crippen molar-refractivity contribution < 1.29 is 9.53 Å². The number of carbonyl (C=O) groups is 1. The molecule has 3 atom stereocenters. The molecule has 1 aromatic carbocycles. The molecule has 200 valence electrons. The summed E-state index contributed by atoms with van der Waals surface area (Å²) in [6.45, 7) is 11.6. The van der Waals surface area contributed by atoms with E-state index in [0.717, 1.165) is 24.2 Å². The zero-order valence-electron chi connectivity index (χ0n) is 22.6. The molecule has 2 aliphatic rings. The van der Waals surface area contributed by atoms with E-state index in [1.54, 1.807) is 16.4 Å². The van der Waals surface area contributed by atoms with E-state index in [4.69, 9.17) is 17.0 Å². The minimum absolute atomic E-state index is 0.0257. The number of amides is 1. The number of morpholine rings is 1. The number of hydrogen-bond donors (Lipinski definition) is 0. The van der Waals surface area contributed by atoms with E-state index in [2.05, 4.69) is 17.9 Å². The highest BCUT2D eigenvalue weighted by atomic mass is 32.2. The van der Waals surface area contributed by atoms with E-state index >= 15 is 0 Å². The molecular formula is C29H34N4O3S2. The highest BCUT2D eigenvalue weighted by molar-refractivity contribution is 8.26. The summed E-state index contributed by atoms with van der Waals surface area (Å²) >= 11 is 6.92. The van der Waals surface area contributed by atoms with Gasteiger partial charge in [-0.05, 0) is 51.3 Å². The molecule has 0 saturated carbocycles. The molecule has 0 N–H and O–H groups in total. The Balaban J connectivity index is 1.87. The van der Waals surface area contributed by atoms with Crippen LogP contribution in [0, 0.1) is 18.3 Å². The fourth-order valence-electron chi connectivity index (χ4n) is 5.18. The number of rotatable bonds is 7. The smallest absolute Gasteiger partial charge is 0.270 e. The fraction of sp³-hybridized carbons (Fsp3) is 0.448. The molecule has 2 saturated heterocycles. The Hall–Kier alpha value is -2.93. The van der Waals surface area contributed by atoms with Crippen LogP contribution < -0.4 is 10.5 Å². The highest BCUT2D eigenvalue weighted by Crippen LogP contribution is 2.40. The summed E-state index contributed by atoms with van der Waals surface area (Å²) in [5.41, 5.74) is 2.11. The number of anilines is 1. The third kappa shape index (κ3) is 5.44. The summed E-state index contributed by atoms with van der Waals surface area (Å²) in [6.07, 6.45) is 3.48. The van der Waals surface area contributed by atoms with Crippen LogP contribution in [0.3, 0.4) is 0 Å². The van der Waals surface area contributed by atoms with Crippen LogP contribution in [-0.2, 0) is 16.1 Å². The number of nitrogens with zero attached hydrogens (tertiary/aromatic N) is 4. The van der Waals surface area contributed by atoms with E-state index in [1.165, 1.54) is 11.8 Å². The Bertz CT molecular complexity index is 1350. The monoisotopic (exact) mass is 550 g/mol. The predicted molar refractivity (Wildman–Crippen MR) is 157 cm³/mol. The summed E-state index contributed by atoms with van der Waals surface area (Å²) in [6, 6.07) is 11.7. The molecule has 0 radical (unpaired) electrons. The Morgan fingerprint density at radius 2 is 1.87 bits per heavy atom. The number of unbranched alkanes of at least 4 members (excludes halogenated alkanes) is 1. The number of thiocarbonyl (C=S) groups is 1. The van der Waals surface area contributed by atoms with Crippen molar-refractivity contribution in [2.45, 2.75) is 72.3 Å². The SMILES string of the molecule is CCCCn1c(N2CC(C)OC(C)C2)c(/C=C2\SC(=S)N(C(C)c3ccccc3)C2=O)c(C)c(C#N)c1=O. The molecular weight excluding hydrogens is 516 g/mol. The van der Waals surface area contributed by atoms with Crippen molar-refractivity contribution in [2.24, 2.45) is 0 Å². The van der Waals surface area contributed by atoms with Crippen LogP contribution in [0.2, 0.25) is 0 Å². The molecule has 9 heteroatoms. The number of hydrogen-bond acceptors (Lipinski definition) is 7. The van der Waals surface area contributed by atoms with Crippen LogP contribution in [0.15, 0.2) is 40.0 Å². The van der Waals surface area contributed by atoms with Gasteiger partial charge >= 0.3 is 0 Å². The van der Waals surface area contributed by atoms with Crippen molar-refractivity contribution in [3.05, 3.63) is 67.8 Å². The molecule has 1 aromatic heterocycles. The standard InChI is InChI=1S/C29H34N4O3S2/c1-6-7-13-32-26(31-16-18(2)36-19(3)17-31)23(20(4)24(15-30)27(32)34)14-25-28(35)33(29(37)38-25)21(5)22-11-9-8-10-12-22/h8-12,14,18-19,21H,6-7,13,16-17H2,1-5H3/b25-14-. The average Bonchev–Trinajstić information content (AvgIpc) is 3.16. The Kier molecular flexibility index (Phi) is 8.76. The van der Waals surface area contributed by atoms with Gasteiger partial charge in [0, 0.05) is 25.2 Å². The number of carbonyl (C=O) groups excluding carboxylic acids is 1. The summed E-state index contributed by atoms with van der Waals surface area (Å²) < 4.78 is 8.18. The fourth-order valence-corrected chi connectivity index (χ4v) is 6.59. The van der Waals surface area contributed by atoms with E-state index in [1.807, 2.05) is 57.2 Å². The third-order valence-electron chi connectivity index (χ3n) is 7.07. The zero-order valence-corrected chi connectivity index (χ0v) is 24.2. The van der Waals surface area contributed by atoms with Crippen molar-refractivity contribution >= 4 is 46.1 Å². The lowest BCUT2D eigenvalue weighted by molar-refractivity contribution is -0.123. The van der Waals surface area contributed by atoms with Gasteiger partial charge in [0.05, 0.1) is 23.2 Å². The Morgan fingerprint density at radius 1 is 1.21 bits per heavy atom. The van der Waals surface area contributed by atoms with Gasteiger partial charge in [0.15, 0.2) is 0 Å². The highest BCUT2D eigenvalue weighted by Gasteiger charge is 2.37. The summed E-state index contributed by atoms with van der Waals surface area (Å²) in [4.78, 5) is 31.5. The van der Waals surface area contributed by atoms with Crippen molar-refractivity contribution in [3.8, 4) is 6.07 Å². The van der Waals surface area contributed by atoms with Gasteiger partial charge in [-0.15, -0.1) is 0 Å². The molecule has 7 nitrogen and oxygen atoms in total. The first-order chi connectivity index (χ1) is 18.2. The third-order valence-corrected chi connectivity index (χ3v) is 8.40. The molecule has 2 aliphatic heterocycles. The lowest BCUT2D eigenvalue weighted by Crippen LogP contribution is -2.48. The van der Waals surface area contributed by atoms with Crippen LogP contribution >= 0.6 is 24.0 Å². The molecule has 0 spiro atoms. The van der Waals surface area contributed by atoms with Crippen molar-refractivity contribution in [1.82, 2.24) is 9.47 Å². The maximum atomic E-state index is 13.7. The van der Waals surface area contributed by atoms with Gasteiger partial charge in [-0.25, -0.2) is 0 Å². The second-order valence-electron chi connectivity index (χ2n) is 9.96. The van der Waals surface area contributed by atoms with Gasteiger partial charge in [0.2, 0.25) is 0 Å². The van der Waals surface area contributed by atoms with Gasteiger partial charge < -0.3 is 9.64 Å². The number of benzene rings is 1. The molecule has 0 aliphatic carbocycles. The number of ether oxygens (including phenoxy) is 1. The van der Waals surface area contributed by atoms with Gasteiger partial charge in [-0.3, -0.25) is 19.1 Å². The molecule has 2 aromatic rings. The van der Waals surface area contributed by atoms with Gasteiger partial charge in [-0.2, -0.15) is 5.26 Å². The van der Waals surface area contributed by atoms with Crippen molar-refractivity contribution in [3.63, 3.8) is 0 Å². The van der Waals surface area contributed by atoms with Gasteiger partial charge in [0.1, 0.15) is 21.8 Å². The number of nitriles is 1. The van der Waals surface area contributed by atoms with Gasteiger partial charge in [-0.1, -0.05) is 67.7 Å². The average molecular weight is 551 g/mol. The molecule has 2 fully saturated rings. The molecule has 3 unspecified atom stereocenters. The number of pyridine rings is 1. The van der Waals surface area contributed by atoms with Gasteiger partial charge in [0.25, 0.3) is 11.5 Å². The van der Waals surface area contributed by atoms with E-state index in [9.17, 15) is 14.9 Å². The first-order valence-electron chi connectivity index (χ1n) is 13.1. The van der Waals surface area contributed by atoms with E-state index in [-0.39, 0.29) is 35.3 Å². The normalized spacial score (nSPS) is 21.7. The minimum Gasteiger partial charge on any atom is -0.372 e. The Morgan fingerprint density at radius 3 is 2.47 bits per heavy atom. The van der Waals surface area contributed by atoms with E-state index in [0.29, 0.717) is 40.0 Å². The summed E-state index contributed by atoms with van der Waals surface area (Å²) in [5, 5.41) is 9.94. The van der Waals surface area contributed by atoms with Crippen molar-refractivity contribution in [1.29, 1.82) is 5.26 Å². The maximum absolute atomic E-state index is 13.7. The molecule has 0 bridgehead atoms. The lowest BCUT2D eigenvalue weighted by atomic mass is 10.0. The number of thioether (sulfide) groups is 1. The second kappa shape index (κ2) is 11.9. The first-order valence-corrected chi connectivity index (χ1v) is 14.3. The topological polar surface area (TPSA) is 78.6 Å². The van der Waals surface area contributed by atoms with E-state index < -0.39 is 0 Å². The second-order valence-corrected chi connectivity index (χ2v) is 11.6. The largest absolute Gasteiger partial charge is 0.372 e. The summed E-state index contributed by atoms with van der Waals surface area (Å²) in [7, 11) is 0. The van der Waals surface area contributed by atoms with Crippen LogP contribution in [0.5, 0.6) is 0 Å². The first kappa shape index (κ1) is 28.1. The Labute approximate surface area is 234 Å². The van der Waals surface area contributed by atoms with Crippen molar-refractivity contribution in [2.75, 3.05) is 18.0 Å². The predicted octanol–water partition coefficient (Wildman–Crippen LogP) is 5.40. The molecule has 1 amide bonds. The minimum atomic E-state index is -0.289. The molecule has 4 rings (SSSR count). The number of aromatic nitrogens is 1. The maximum Gasteiger partial charge on any atom is 0.270 e. The lowest BCUT2D eigenvalue weighted by Gasteiger charge is -2.39. The summed E-state index contributed by atoms with van der Waals surface area (Å²) in [5.74, 6) is 0.568. The van der Waals surface area contributed by atoms with Crippen LogP contribution in [0.4, 0.5) is 5.82 Å². The molecule has 38 heavy (non-hydrogen) atoms. The van der Waals surface area contributed by atoms with Crippen LogP contribution in [0.25, 0.3) is 6.08 Å². The molecule has 3 heterocycles. The van der Waals surface area contributed by atoms with Crippen LogP contribution in [0.1, 0.15) is 68.8 Å². The van der Waals surface area contributed by atoms with Crippen LogP contribution in [-0.4, -0.2) is 45.0 Å². The quantitative estimate of drug-likeness (QED) is 0.337. The zero-order chi connectivity index (χ0) is 27.6.